The van der Waals surface area contributed by atoms with Crippen molar-refractivity contribution in [1.82, 2.24) is 19.7 Å². The van der Waals surface area contributed by atoms with E-state index in [1.165, 1.54) is 31.0 Å². The van der Waals surface area contributed by atoms with Crippen LogP contribution < -0.4 is 10.1 Å². The molecule has 0 saturated carbocycles. The lowest BCUT2D eigenvalue weighted by molar-refractivity contribution is -0.115. The highest BCUT2D eigenvalue weighted by Crippen LogP contribution is 2.32. The number of rotatable bonds is 8. The Kier molecular flexibility index (Phi) is 7.67. The Bertz CT molecular complexity index is 1050. The van der Waals surface area contributed by atoms with Gasteiger partial charge in [-0.2, -0.15) is 0 Å². The summed E-state index contributed by atoms with van der Waals surface area (Å²) >= 11 is 1.41. The van der Waals surface area contributed by atoms with Gasteiger partial charge in [-0.05, 0) is 76.2 Å². The molecule has 8 heteroatoms. The molecule has 1 N–H and O–H groups in total. The van der Waals surface area contributed by atoms with Gasteiger partial charge in [-0.1, -0.05) is 36.4 Å². The molecule has 1 amide bonds. The summed E-state index contributed by atoms with van der Waals surface area (Å²) in [4.78, 5) is 15.3. The van der Waals surface area contributed by atoms with Crippen molar-refractivity contribution in [3.05, 3.63) is 60.4 Å². The molecule has 4 rings (SSSR count). The quantitative estimate of drug-likeness (QED) is 0.475. The van der Waals surface area contributed by atoms with Gasteiger partial charge in [0.1, 0.15) is 5.75 Å². The molecule has 1 aliphatic heterocycles. The van der Waals surface area contributed by atoms with E-state index in [9.17, 15) is 4.79 Å². The lowest BCUT2D eigenvalue weighted by Gasteiger charge is -2.32. The fraction of sp³-hybridized carbons (Fsp3) is 0.400. The molecule has 1 saturated heterocycles. The van der Waals surface area contributed by atoms with Crippen molar-refractivity contribution < 1.29 is 9.53 Å². The van der Waals surface area contributed by atoms with E-state index in [2.05, 4.69) is 31.9 Å². The average molecular weight is 466 g/mol. The summed E-state index contributed by atoms with van der Waals surface area (Å²) in [6, 6.07) is 17.5. The summed E-state index contributed by atoms with van der Waals surface area (Å²) < 4.78 is 7.41. The molecule has 7 nitrogen and oxygen atoms in total. The Morgan fingerprint density at radius 2 is 1.70 bits per heavy atom. The molecule has 0 bridgehead atoms. The number of ether oxygens (including phenoxy) is 1. The third-order valence-electron chi connectivity index (χ3n) is 5.99. The first-order chi connectivity index (χ1) is 16.1. The molecule has 0 radical (unpaired) electrons. The largest absolute Gasteiger partial charge is 0.497 e. The molecule has 174 valence electrons. The average Bonchev–Trinajstić information content (AvgIpc) is 3.28. The summed E-state index contributed by atoms with van der Waals surface area (Å²) in [6.45, 7) is 6.21. The van der Waals surface area contributed by atoms with Crippen LogP contribution >= 0.6 is 11.8 Å². The lowest BCUT2D eigenvalue weighted by atomic mass is 10.1. The number of likely N-dealkylation sites (tertiary alicyclic amines) is 1. The van der Waals surface area contributed by atoms with Crippen molar-refractivity contribution in [3.8, 4) is 11.4 Å². The minimum Gasteiger partial charge on any atom is -0.497 e. The van der Waals surface area contributed by atoms with Gasteiger partial charge in [0.05, 0.1) is 18.4 Å². The smallest absolute Gasteiger partial charge is 0.237 e. The number of anilines is 1. The van der Waals surface area contributed by atoms with Crippen molar-refractivity contribution in [1.29, 1.82) is 0 Å². The first-order valence-corrected chi connectivity index (χ1v) is 12.3. The normalized spacial score (nSPS) is 16.2. The third-order valence-corrected chi connectivity index (χ3v) is 7.04. The van der Waals surface area contributed by atoms with Crippen LogP contribution in [-0.2, 0) is 4.79 Å². The molecule has 1 aliphatic rings. The van der Waals surface area contributed by atoms with Gasteiger partial charge in [0.15, 0.2) is 11.0 Å². The van der Waals surface area contributed by atoms with Crippen molar-refractivity contribution >= 4 is 23.4 Å². The fourth-order valence-corrected chi connectivity index (χ4v) is 4.92. The van der Waals surface area contributed by atoms with Crippen LogP contribution in [0.15, 0.2) is 59.8 Å². The van der Waals surface area contributed by atoms with Crippen molar-refractivity contribution in [2.45, 2.75) is 49.6 Å². The number of aromatic nitrogens is 3. The van der Waals surface area contributed by atoms with E-state index in [0.717, 1.165) is 36.0 Å². The van der Waals surface area contributed by atoms with E-state index in [0.29, 0.717) is 5.16 Å². The van der Waals surface area contributed by atoms with Crippen LogP contribution in [0.4, 0.5) is 5.69 Å². The summed E-state index contributed by atoms with van der Waals surface area (Å²) in [7, 11) is 1.66. The van der Waals surface area contributed by atoms with Gasteiger partial charge in [0.25, 0.3) is 0 Å². The van der Waals surface area contributed by atoms with Crippen molar-refractivity contribution in [2.75, 3.05) is 25.5 Å². The fourth-order valence-electron chi connectivity index (χ4n) is 4.05. The SMILES string of the molecule is COc1ccc(-n2c(S[C@@H](C)C(=O)Nc3ccccc3)nnc2[C@H](C)N2CCCCC2)cc1. The second kappa shape index (κ2) is 10.9. The van der Waals surface area contributed by atoms with Crippen LogP contribution in [-0.4, -0.2) is 51.0 Å². The maximum absolute atomic E-state index is 12.8. The molecule has 2 aromatic carbocycles. The van der Waals surface area contributed by atoms with Crippen LogP contribution in [0.5, 0.6) is 5.75 Å². The Balaban J connectivity index is 1.61. The van der Waals surface area contributed by atoms with Crippen molar-refractivity contribution in [2.24, 2.45) is 0 Å². The zero-order chi connectivity index (χ0) is 23.2. The number of carbonyl (C=O) groups excluding carboxylic acids is 1. The second-order valence-corrected chi connectivity index (χ2v) is 9.57. The highest BCUT2D eigenvalue weighted by atomic mass is 32.2. The summed E-state index contributed by atoms with van der Waals surface area (Å²) in [5.74, 6) is 1.61. The molecule has 2 atom stereocenters. The van der Waals surface area contributed by atoms with Gasteiger partial charge in [-0.15, -0.1) is 10.2 Å². The van der Waals surface area contributed by atoms with E-state index in [4.69, 9.17) is 4.74 Å². The molecule has 3 aromatic rings. The minimum atomic E-state index is -0.343. The number of nitrogens with zero attached hydrogens (tertiary/aromatic N) is 4. The number of methoxy groups -OCH3 is 1. The first kappa shape index (κ1) is 23.3. The van der Waals surface area contributed by atoms with E-state index in [1.54, 1.807) is 7.11 Å². The van der Waals surface area contributed by atoms with E-state index < -0.39 is 0 Å². The lowest BCUT2D eigenvalue weighted by Crippen LogP contribution is -2.33. The summed E-state index contributed by atoms with van der Waals surface area (Å²) in [5, 5.41) is 12.4. The van der Waals surface area contributed by atoms with E-state index >= 15 is 0 Å². The highest BCUT2D eigenvalue weighted by molar-refractivity contribution is 8.00. The van der Waals surface area contributed by atoms with Crippen LogP contribution in [0, 0.1) is 0 Å². The maximum atomic E-state index is 12.8. The topological polar surface area (TPSA) is 72.3 Å². The highest BCUT2D eigenvalue weighted by Gasteiger charge is 2.27. The molecule has 0 aliphatic carbocycles. The number of benzene rings is 2. The molecular formula is C25H31N5O2S. The standard InChI is InChI=1S/C25H31N5O2S/c1-18(29-16-8-5-9-17-29)23-27-28-25(30(23)21-12-14-22(32-3)15-13-21)33-19(2)24(31)26-20-10-6-4-7-11-20/h4,6-7,10-15,18-19H,5,8-9,16-17H2,1-3H3,(H,26,31)/t18-,19-/m0/s1. The Morgan fingerprint density at radius 3 is 2.36 bits per heavy atom. The number of nitrogens with one attached hydrogen (secondary N) is 1. The monoisotopic (exact) mass is 465 g/mol. The number of amides is 1. The maximum Gasteiger partial charge on any atom is 0.237 e. The second-order valence-electron chi connectivity index (χ2n) is 8.26. The van der Waals surface area contributed by atoms with Gasteiger partial charge >= 0.3 is 0 Å². The number of carbonyl (C=O) groups is 1. The number of hydrogen-bond acceptors (Lipinski definition) is 6. The summed E-state index contributed by atoms with van der Waals surface area (Å²) in [5.41, 5.74) is 1.74. The van der Waals surface area contributed by atoms with Crippen LogP contribution in [0.2, 0.25) is 0 Å². The Morgan fingerprint density at radius 1 is 1.00 bits per heavy atom. The molecule has 1 aromatic heterocycles. The third kappa shape index (κ3) is 5.57. The summed E-state index contributed by atoms with van der Waals surface area (Å²) in [6.07, 6.45) is 3.70. The van der Waals surface area contributed by atoms with E-state index in [-0.39, 0.29) is 17.2 Å². The van der Waals surface area contributed by atoms with Gasteiger partial charge in [-0.3, -0.25) is 14.3 Å². The van der Waals surface area contributed by atoms with Crippen LogP contribution in [0.1, 0.15) is 45.0 Å². The van der Waals surface area contributed by atoms with Crippen LogP contribution in [0.3, 0.4) is 0 Å². The van der Waals surface area contributed by atoms with Gasteiger partial charge in [0, 0.05) is 11.4 Å². The molecule has 0 unspecified atom stereocenters. The number of para-hydroxylation sites is 1. The predicted octanol–water partition coefficient (Wildman–Crippen LogP) is 4.94. The van der Waals surface area contributed by atoms with Crippen molar-refractivity contribution in [3.63, 3.8) is 0 Å². The van der Waals surface area contributed by atoms with Gasteiger partial charge in [0.2, 0.25) is 5.91 Å². The van der Waals surface area contributed by atoms with Gasteiger partial charge < -0.3 is 10.1 Å². The first-order valence-electron chi connectivity index (χ1n) is 11.4. The molecule has 1 fully saturated rings. The minimum absolute atomic E-state index is 0.0684. The number of piperidine rings is 1. The molecular weight excluding hydrogens is 434 g/mol. The predicted molar refractivity (Wildman–Crippen MR) is 132 cm³/mol. The molecule has 0 spiro atoms. The Labute approximate surface area is 199 Å². The zero-order valence-corrected chi connectivity index (χ0v) is 20.2. The molecule has 33 heavy (non-hydrogen) atoms. The number of thioether (sulfide) groups is 1. The zero-order valence-electron chi connectivity index (χ0n) is 19.4. The molecule has 2 heterocycles. The number of hydrogen-bond donors (Lipinski definition) is 1. The van der Waals surface area contributed by atoms with Crippen LogP contribution in [0.25, 0.3) is 5.69 Å². The van der Waals surface area contributed by atoms with E-state index in [1.807, 2.05) is 61.5 Å². The van der Waals surface area contributed by atoms with Gasteiger partial charge in [-0.25, -0.2) is 0 Å². The Hall–Kier alpha value is -2.84.